The molecule has 3 nitrogen and oxygen atoms in total. The molecule has 0 radical (unpaired) electrons. The van der Waals surface area contributed by atoms with Crippen molar-refractivity contribution in [2.24, 2.45) is 5.41 Å². The van der Waals surface area contributed by atoms with Crippen LogP contribution in [0, 0.1) is 5.41 Å². The van der Waals surface area contributed by atoms with Gasteiger partial charge >= 0.3 is 0 Å². The molecule has 2 amide bonds. The molecule has 0 aliphatic rings. The first-order valence-corrected chi connectivity index (χ1v) is 6.81. The van der Waals surface area contributed by atoms with E-state index >= 15 is 0 Å². The van der Waals surface area contributed by atoms with E-state index in [0.29, 0.717) is 13.0 Å². The highest BCUT2D eigenvalue weighted by atomic mass is 16.2. The fraction of sp³-hybridized carbons (Fsp3) is 0.857. The van der Waals surface area contributed by atoms with E-state index in [1.54, 1.807) is 6.92 Å². The van der Waals surface area contributed by atoms with Crippen molar-refractivity contribution in [3.8, 4) is 0 Å². The van der Waals surface area contributed by atoms with Crippen LogP contribution < -0.4 is 0 Å². The highest BCUT2D eigenvalue weighted by Gasteiger charge is 2.36. The Morgan fingerprint density at radius 3 is 1.76 bits per heavy atom. The second kappa shape index (κ2) is 7.46. The summed E-state index contributed by atoms with van der Waals surface area (Å²) in [6.07, 6.45) is 4.05. The largest absolute Gasteiger partial charge is 0.282 e. The minimum Gasteiger partial charge on any atom is -0.282 e. The fourth-order valence-corrected chi connectivity index (χ4v) is 2.39. The summed E-state index contributed by atoms with van der Waals surface area (Å²) in [6.45, 7) is 10.3. The van der Waals surface area contributed by atoms with Gasteiger partial charge in [-0.1, -0.05) is 40.5 Å². The van der Waals surface area contributed by atoms with E-state index in [1.807, 2.05) is 13.8 Å². The molecule has 0 rings (SSSR count). The van der Waals surface area contributed by atoms with Crippen LogP contribution in [0.4, 0.5) is 0 Å². The first-order chi connectivity index (χ1) is 7.96. The lowest BCUT2D eigenvalue weighted by molar-refractivity contribution is -0.151. The Kier molecular flexibility index (Phi) is 7.09. The van der Waals surface area contributed by atoms with Gasteiger partial charge in [0, 0.05) is 18.4 Å². The molecular formula is C14H27NO2. The molecule has 0 saturated carbocycles. The molecule has 0 bridgehead atoms. The van der Waals surface area contributed by atoms with Crippen LogP contribution in [0.3, 0.4) is 0 Å². The van der Waals surface area contributed by atoms with Gasteiger partial charge in [0.05, 0.1) is 0 Å². The van der Waals surface area contributed by atoms with Gasteiger partial charge in [-0.15, -0.1) is 0 Å². The SMILES string of the molecule is CCCC(C)(CCC)C(=O)N(CC)C(=O)CC. The molecule has 0 fully saturated rings. The summed E-state index contributed by atoms with van der Waals surface area (Å²) in [4.78, 5) is 25.6. The number of hydrogen-bond donors (Lipinski definition) is 0. The van der Waals surface area contributed by atoms with Crippen molar-refractivity contribution in [2.75, 3.05) is 6.54 Å². The Hall–Kier alpha value is -0.860. The van der Waals surface area contributed by atoms with E-state index < -0.39 is 0 Å². The van der Waals surface area contributed by atoms with Gasteiger partial charge in [0.2, 0.25) is 11.8 Å². The van der Waals surface area contributed by atoms with Crippen LogP contribution in [0.1, 0.15) is 66.7 Å². The molecule has 3 heteroatoms. The topological polar surface area (TPSA) is 37.4 Å². The number of rotatable bonds is 7. The Morgan fingerprint density at radius 1 is 1.00 bits per heavy atom. The molecule has 0 aromatic rings. The van der Waals surface area contributed by atoms with Crippen LogP contribution in [-0.4, -0.2) is 23.3 Å². The van der Waals surface area contributed by atoms with Gasteiger partial charge in [0.25, 0.3) is 0 Å². The molecule has 100 valence electrons. The van der Waals surface area contributed by atoms with Crippen LogP contribution in [0.25, 0.3) is 0 Å². The third-order valence-electron chi connectivity index (χ3n) is 3.28. The average Bonchev–Trinajstić information content (AvgIpc) is 2.30. The lowest BCUT2D eigenvalue weighted by Gasteiger charge is -2.32. The van der Waals surface area contributed by atoms with Gasteiger partial charge in [-0.2, -0.15) is 0 Å². The number of carbonyl (C=O) groups excluding carboxylic acids is 2. The molecule has 0 aromatic carbocycles. The summed E-state index contributed by atoms with van der Waals surface area (Å²) < 4.78 is 0. The zero-order valence-electron chi connectivity index (χ0n) is 12.0. The zero-order valence-corrected chi connectivity index (χ0v) is 12.0. The molecule has 17 heavy (non-hydrogen) atoms. The quantitative estimate of drug-likeness (QED) is 0.685. The van der Waals surface area contributed by atoms with E-state index in [4.69, 9.17) is 0 Å². The molecule has 0 aliphatic carbocycles. The van der Waals surface area contributed by atoms with Crippen LogP contribution in [-0.2, 0) is 9.59 Å². The van der Waals surface area contributed by atoms with Gasteiger partial charge in [-0.3, -0.25) is 14.5 Å². The summed E-state index contributed by atoms with van der Waals surface area (Å²) in [5.74, 6) is -0.0496. The van der Waals surface area contributed by atoms with E-state index in [2.05, 4.69) is 13.8 Å². The van der Waals surface area contributed by atoms with Gasteiger partial charge in [0.1, 0.15) is 0 Å². The average molecular weight is 241 g/mol. The predicted molar refractivity (Wildman–Crippen MR) is 70.6 cm³/mol. The highest BCUT2D eigenvalue weighted by Crippen LogP contribution is 2.31. The summed E-state index contributed by atoms with van der Waals surface area (Å²) in [7, 11) is 0. The molecule has 0 spiro atoms. The molecule has 0 aliphatic heterocycles. The standard InChI is InChI=1S/C14H27NO2/c1-6-10-14(5,11-7-2)13(17)15(9-4)12(16)8-3/h6-11H2,1-5H3. The maximum absolute atomic E-state index is 12.5. The number of nitrogens with zero attached hydrogens (tertiary/aromatic N) is 1. The second-order valence-corrected chi connectivity index (χ2v) is 4.86. The molecule has 0 N–H and O–H groups in total. The van der Waals surface area contributed by atoms with Crippen molar-refractivity contribution >= 4 is 11.8 Å². The van der Waals surface area contributed by atoms with Crippen molar-refractivity contribution in [3.63, 3.8) is 0 Å². The van der Waals surface area contributed by atoms with Gasteiger partial charge in [0.15, 0.2) is 0 Å². The van der Waals surface area contributed by atoms with Crippen molar-refractivity contribution in [1.29, 1.82) is 0 Å². The normalized spacial score (nSPS) is 11.4. The molecule has 0 saturated heterocycles. The summed E-state index contributed by atoms with van der Waals surface area (Å²) in [5.41, 5.74) is -0.371. The summed E-state index contributed by atoms with van der Waals surface area (Å²) in [6, 6.07) is 0. The number of carbonyl (C=O) groups is 2. The van der Waals surface area contributed by atoms with Crippen LogP contribution >= 0.6 is 0 Å². The smallest absolute Gasteiger partial charge is 0.235 e. The minimum atomic E-state index is -0.371. The van der Waals surface area contributed by atoms with E-state index in [0.717, 1.165) is 25.7 Å². The molecule has 0 unspecified atom stereocenters. The number of imide groups is 1. The third-order valence-corrected chi connectivity index (χ3v) is 3.28. The van der Waals surface area contributed by atoms with Crippen molar-refractivity contribution < 1.29 is 9.59 Å². The van der Waals surface area contributed by atoms with Crippen LogP contribution in [0.5, 0.6) is 0 Å². The van der Waals surface area contributed by atoms with Crippen LogP contribution in [0.2, 0.25) is 0 Å². The first kappa shape index (κ1) is 16.1. The maximum atomic E-state index is 12.5. The monoisotopic (exact) mass is 241 g/mol. The summed E-state index contributed by atoms with van der Waals surface area (Å²) >= 11 is 0. The van der Waals surface area contributed by atoms with Gasteiger partial charge < -0.3 is 0 Å². The Bertz CT molecular complexity index is 255. The van der Waals surface area contributed by atoms with E-state index in [9.17, 15) is 9.59 Å². The lowest BCUT2D eigenvalue weighted by atomic mass is 9.80. The van der Waals surface area contributed by atoms with Crippen molar-refractivity contribution in [2.45, 2.75) is 66.7 Å². The summed E-state index contributed by atoms with van der Waals surface area (Å²) in [5, 5.41) is 0. The maximum Gasteiger partial charge on any atom is 0.235 e. The van der Waals surface area contributed by atoms with Gasteiger partial charge in [-0.25, -0.2) is 0 Å². The number of amides is 2. The van der Waals surface area contributed by atoms with E-state index in [1.165, 1.54) is 4.90 Å². The predicted octanol–water partition coefficient (Wildman–Crippen LogP) is 3.38. The third kappa shape index (κ3) is 4.14. The lowest BCUT2D eigenvalue weighted by Crippen LogP contribution is -2.45. The van der Waals surface area contributed by atoms with Gasteiger partial charge in [-0.05, 0) is 19.8 Å². The zero-order chi connectivity index (χ0) is 13.5. The van der Waals surface area contributed by atoms with Crippen molar-refractivity contribution in [1.82, 2.24) is 4.90 Å². The molecule has 0 atom stereocenters. The first-order valence-electron chi connectivity index (χ1n) is 6.81. The highest BCUT2D eigenvalue weighted by molar-refractivity contribution is 5.97. The molecular weight excluding hydrogens is 214 g/mol. The molecule has 0 heterocycles. The minimum absolute atomic E-state index is 0.00977. The Labute approximate surface area is 106 Å². The Balaban J connectivity index is 4.97. The molecule has 0 aromatic heterocycles. The van der Waals surface area contributed by atoms with E-state index in [-0.39, 0.29) is 17.2 Å². The Morgan fingerprint density at radius 2 is 1.47 bits per heavy atom. The second-order valence-electron chi connectivity index (χ2n) is 4.86. The fourth-order valence-electron chi connectivity index (χ4n) is 2.39. The number of hydrogen-bond acceptors (Lipinski definition) is 2. The van der Waals surface area contributed by atoms with Crippen LogP contribution in [0.15, 0.2) is 0 Å². The van der Waals surface area contributed by atoms with Crippen molar-refractivity contribution in [3.05, 3.63) is 0 Å².